The molecule has 1 unspecified atom stereocenters. The second-order valence-electron chi connectivity index (χ2n) is 7.65. The van der Waals surface area contributed by atoms with E-state index < -0.39 is 7.37 Å². The van der Waals surface area contributed by atoms with Crippen LogP contribution in [0.4, 0.5) is 0 Å². The number of hydrogen-bond acceptors (Lipinski definition) is 3. The van der Waals surface area contributed by atoms with Gasteiger partial charge < -0.3 is 14.4 Å². The van der Waals surface area contributed by atoms with E-state index in [1.807, 2.05) is 6.07 Å². The molecule has 0 amide bonds. The van der Waals surface area contributed by atoms with E-state index in [0.29, 0.717) is 5.92 Å². The van der Waals surface area contributed by atoms with Gasteiger partial charge in [0.2, 0.25) is 7.37 Å². The fraction of sp³-hybridized carbons (Fsp3) is 0.391. The molecule has 0 bridgehead atoms. The maximum absolute atomic E-state index is 11.5. The molecule has 0 aliphatic rings. The van der Waals surface area contributed by atoms with E-state index in [0.717, 1.165) is 17.7 Å². The summed E-state index contributed by atoms with van der Waals surface area (Å²) in [4.78, 5) is 9.46. The number of methoxy groups -OCH3 is 1. The Balaban J connectivity index is 2.31. The molecule has 2 aromatic carbocycles. The molecule has 4 nitrogen and oxygen atoms in total. The van der Waals surface area contributed by atoms with Crippen LogP contribution in [0.2, 0.25) is 0 Å². The van der Waals surface area contributed by atoms with Crippen molar-refractivity contribution in [2.24, 2.45) is 0 Å². The van der Waals surface area contributed by atoms with Crippen molar-refractivity contribution in [3.05, 3.63) is 69.5 Å². The molecular weight excluding hydrogens is 371 g/mol. The third-order valence-corrected chi connectivity index (χ3v) is 5.37. The first-order valence-corrected chi connectivity index (χ1v) is 11.6. The van der Waals surface area contributed by atoms with E-state index >= 15 is 0 Å². The fourth-order valence-corrected chi connectivity index (χ4v) is 3.69. The highest BCUT2D eigenvalue weighted by Gasteiger charge is 2.12. The Morgan fingerprint density at radius 2 is 1.79 bits per heavy atom. The van der Waals surface area contributed by atoms with Crippen LogP contribution in [-0.4, -0.2) is 25.5 Å². The van der Waals surface area contributed by atoms with Gasteiger partial charge in [-0.2, -0.15) is 0 Å². The molecule has 0 aliphatic heterocycles. The van der Waals surface area contributed by atoms with Crippen molar-refractivity contribution in [2.75, 3.05) is 20.6 Å². The molecule has 1 N–H and O–H groups in total. The highest BCUT2D eigenvalue weighted by Crippen LogP contribution is 2.38. The highest BCUT2D eigenvalue weighted by atomic mass is 31.2. The zero-order valence-electron chi connectivity index (χ0n) is 17.7. The average molecular weight is 402 g/mol. The number of rotatable bonds is 8. The van der Waals surface area contributed by atoms with Crippen LogP contribution < -0.4 is 4.74 Å². The minimum absolute atomic E-state index is 0.241. The minimum atomic E-state index is -3.16. The molecule has 0 radical (unpaired) electrons. The number of hydrogen-bond donors (Lipinski definition) is 1. The maximum atomic E-state index is 11.5. The largest absolute Gasteiger partial charge is 0.467 e. The van der Waals surface area contributed by atoms with E-state index in [2.05, 4.69) is 52.0 Å². The Morgan fingerprint density at radius 1 is 1.14 bits per heavy atom. The summed E-state index contributed by atoms with van der Waals surface area (Å²) < 4.78 is 22.2. The summed E-state index contributed by atoms with van der Waals surface area (Å²) in [6.07, 6.45) is 2.56. The Bertz CT molecular complexity index is 870. The lowest BCUT2D eigenvalue weighted by molar-refractivity contribution is 0.0502. The number of aryl methyl sites for hydroxylation is 2. The molecule has 28 heavy (non-hydrogen) atoms. The van der Waals surface area contributed by atoms with E-state index in [1.165, 1.54) is 40.3 Å². The van der Waals surface area contributed by atoms with Crippen molar-refractivity contribution in [3.8, 4) is 5.75 Å². The van der Waals surface area contributed by atoms with Crippen LogP contribution in [0.25, 0.3) is 6.08 Å². The molecule has 0 saturated carbocycles. The molecule has 2 rings (SSSR count). The third kappa shape index (κ3) is 6.34. The van der Waals surface area contributed by atoms with Gasteiger partial charge in [-0.1, -0.05) is 38.1 Å². The van der Waals surface area contributed by atoms with Gasteiger partial charge in [-0.05, 0) is 71.7 Å². The SMILES string of the molecule is COCOc1ccc(Cc2c(C)cc(/C=C/P(C)(=O)O)cc2C)cc1C(C)C. The van der Waals surface area contributed by atoms with Gasteiger partial charge in [0.25, 0.3) is 0 Å². The lowest BCUT2D eigenvalue weighted by Gasteiger charge is -2.17. The van der Waals surface area contributed by atoms with Crippen molar-refractivity contribution < 1.29 is 18.9 Å². The van der Waals surface area contributed by atoms with E-state index in [-0.39, 0.29) is 6.79 Å². The van der Waals surface area contributed by atoms with Crippen LogP contribution in [-0.2, 0) is 15.7 Å². The fourth-order valence-electron chi connectivity index (χ4n) is 3.24. The van der Waals surface area contributed by atoms with Crippen LogP contribution in [0, 0.1) is 13.8 Å². The van der Waals surface area contributed by atoms with Crippen molar-refractivity contribution >= 4 is 13.4 Å². The lowest BCUT2D eigenvalue weighted by Crippen LogP contribution is -2.04. The number of ether oxygens (including phenoxy) is 2. The molecule has 0 aliphatic carbocycles. The van der Waals surface area contributed by atoms with Crippen LogP contribution in [0.15, 0.2) is 36.1 Å². The van der Waals surface area contributed by atoms with Gasteiger partial charge in [-0.25, -0.2) is 0 Å². The van der Waals surface area contributed by atoms with Crippen LogP contribution >= 0.6 is 7.37 Å². The zero-order chi connectivity index (χ0) is 20.9. The van der Waals surface area contributed by atoms with Crippen LogP contribution in [0.1, 0.15) is 53.1 Å². The smallest absolute Gasteiger partial charge is 0.219 e. The predicted molar refractivity (Wildman–Crippen MR) is 117 cm³/mol. The summed E-state index contributed by atoms with van der Waals surface area (Å²) >= 11 is 0. The summed E-state index contributed by atoms with van der Waals surface area (Å²) in [7, 11) is -1.54. The first-order chi connectivity index (χ1) is 13.1. The third-order valence-electron chi connectivity index (χ3n) is 4.67. The topological polar surface area (TPSA) is 55.8 Å². The molecule has 2 aromatic rings. The molecule has 152 valence electrons. The molecule has 1 atom stereocenters. The molecular formula is C23H31O4P. The van der Waals surface area contributed by atoms with Crippen LogP contribution in [0.5, 0.6) is 5.75 Å². The minimum Gasteiger partial charge on any atom is -0.467 e. The van der Waals surface area contributed by atoms with Gasteiger partial charge >= 0.3 is 0 Å². The molecule has 0 spiro atoms. The van der Waals surface area contributed by atoms with Gasteiger partial charge in [0.15, 0.2) is 6.79 Å². The van der Waals surface area contributed by atoms with Gasteiger partial charge in [0.1, 0.15) is 5.75 Å². The van der Waals surface area contributed by atoms with Crippen molar-refractivity contribution in [2.45, 2.75) is 40.0 Å². The first-order valence-electron chi connectivity index (χ1n) is 9.44. The molecule has 0 heterocycles. The van der Waals surface area contributed by atoms with E-state index in [1.54, 1.807) is 13.2 Å². The normalized spacial score (nSPS) is 13.9. The van der Waals surface area contributed by atoms with Crippen molar-refractivity contribution in [1.82, 2.24) is 0 Å². The summed E-state index contributed by atoms with van der Waals surface area (Å²) in [6, 6.07) is 10.5. The van der Waals surface area contributed by atoms with E-state index in [4.69, 9.17) is 9.47 Å². The predicted octanol–water partition coefficient (Wildman–Crippen LogP) is 5.87. The van der Waals surface area contributed by atoms with Gasteiger partial charge in [-0.15, -0.1) is 0 Å². The van der Waals surface area contributed by atoms with Gasteiger partial charge in [-0.3, -0.25) is 4.57 Å². The first kappa shape index (κ1) is 22.4. The molecule has 0 fully saturated rings. The Hall–Kier alpha value is -1.87. The molecule has 5 heteroatoms. The Morgan fingerprint density at radius 3 is 2.32 bits per heavy atom. The summed E-state index contributed by atoms with van der Waals surface area (Å²) in [5.41, 5.74) is 6.98. The quantitative estimate of drug-likeness (QED) is 0.443. The van der Waals surface area contributed by atoms with Gasteiger partial charge in [0, 0.05) is 19.6 Å². The summed E-state index contributed by atoms with van der Waals surface area (Å²) in [5.74, 6) is 2.60. The Kier molecular flexibility index (Phi) is 7.65. The summed E-state index contributed by atoms with van der Waals surface area (Å²) in [5, 5.41) is 0. The standard InChI is InChI=1S/C23H31O4P/c1-16(2)21-13-19(7-8-23(21)27-15-26-5)14-22-17(3)11-20(12-18(22)4)9-10-28(6,24)25/h7-13,16H,14-15H2,1-6H3,(H,24,25)/b10-9+. The van der Waals surface area contributed by atoms with Crippen molar-refractivity contribution in [3.63, 3.8) is 0 Å². The molecule has 0 aromatic heterocycles. The lowest BCUT2D eigenvalue weighted by atomic mass is 9.92. The Labute approximate surface area is 168 Å². The van der Waals surface area contributed by atoms with Gasteiger partial charge in [0.05, 0.1) is 0 Å². The summed E-state index contributed by atoms with van der Waals surface area (Å²) in [6.45, 7) is 10.1. The zero-order valence-corrected chi connectivity index (χ0v) is 18.5. The second-order valence-corrected chi connectivity index (χ2v) is 9.83. The van der Waals surface area contributed by atoms with E-state index in [9.17, 15) is 9.46 Å². The number of benzene rings is 2. The average Bonchev–Trinajstić information content (AvgIpc) is 2.61. The highest BCUT2D eigenvalue weighted by molar-refractivity contribution is 7.60. The van der Waals surface area contributed by atoms with Crippen molar-refractivity contribution in [1.29, 1.82) is 0 Å². The van der Waals surface area contributed by atoms with Crippen LogP contribution in [0.3, 0.4) is 0 Å². The second kappa shape index (κ2) is 9.56. The molecule has 0 saturated heterocycles. The maximum Gasteiger partial charge on any atom is 0.219 e. The monoisotopic (exact) mass is 402 g/mol.